The Morgan fingerprint density at radius 1 is 1.20 bits per heavy atom. The second-order valence-corrected chi connectivity index (χ2v) is 5.90. The Kier molecular flexibility index (Phi) is 2.49. The Morgan fingerprint density at radius 2 is 2.00 bits per heavy atom. The van der Waals surface area contributed by atoms with Crippen LogP contribution in [0.15, 0.2) is 30.3 Å². The Morgan fingerprint density at radius 3 is 2.80 bits per heavy atom. The predicted molar refractivity (Wildman–Crippen MR) is 71.3 cm³/mol. The van der Waals surface area contributed by atoms with Crippen molar-refractivity contribution >= 4 is 17.6 Å². The minimum atomic E-state index is -0.234. The lowest BCUT2D eigenvalue weighted by atomic mass is 9.79. The molecule has 1 heterocycles. The molecule has 2 N–H and O–H groups in total. The highest BCUT2D eigenvalue weighted by atomic mass is 16.6. The minimum Gasteiger partial charge on any atom is -0.462 e. The maximum absolute atomic E-state index is 12.4. The number of carbonyl (C=O) groups is 2. The number of hydrogen-bond acceptors (Lipinski definition) is 4. The molecule has 1 aromatic carbocycles. The first kappa shape index (κ1) is 11.8. The summed E-state index contributed by atoms with van der Waals surface area (Å²) in [7, 11) is 0. The molecule has 2 bridgehead atoms. The van der Waals surface area contributed by atoms with Crippen molar-refractivity contribution in [3.05, 3.63) is 30.3 Å². The Hall–Kier alpha value is -2.04. The van der Waals surface area contributed by atoms with Crippen molar-refractivity contribution in [3.63, 3.8) is 0 Å². The van der Waals surface area contributed by atoms with Gasteiger partial charge >= 0.3 is 5.97 Å². The standard InChI is InChI=1S/C15H16N2O3/c18-14(17-16-9-4-2-1-3-5-9)12-8-6-10-11(7-8)20-15(19)13(10)12/h1-5,8,10-13,16H,6-7H2,(H,17,18)/t8-,10-,11+,12+,13-/m0/s1. The van der Waals surface area contributed by atoms with Crippen molar-refractivity contribution in [1.29, 1.82) is 0 Å². The summed E-state index contributed by atoms with van der Waals surface area (Å²) in [4.78, 5) is 24.2. The van der Waals surface area contributed by atoms with Crippen molar-refractivity contribution in [2.75, 3.05) is 5.43 Å². The maximum Gasteiger partial charge on any atom is 0.310 e. The molecule has 3 fully saturated rings. The van der Waals surface area contributed by atoms with E-state index in [-0.39, 0.29) is 35.7 Å². The van der Waals surface area contributed by atoms with Gasteiger partial charge in [0.05, 0.1) is 17.5 Å². The van der Waals surface area contributed by atoms with Gasteiger partial charge in [-0.2, -0.15) is 0 Å². The van der Waals surface area contributed by atoms with E-state index in [0.29, 0.717) is 5.92 Å². The minimum absolute atomic E-state index is 0.0728. The molecular formula is C15H16N2O3. The molecule has 0 aromatic heterocycles. The second-order valence-electron chi connectivity index (χ2n) is 5.90. The number of ether oxygens (including phenoxy) is 1. The van der Waals surface area contributed by atoms with Crippen LogP contribution in [0.3, 0.4) is 0 Å². The average Bonchev–Trinajstić information content (AvgIpc) is 3.07. The van der Waals surface area contributed by atoms with Crippen LogP contribution >= 0.6 is 0 Å². The van der Waals surface area contributed by atoms with E-state index in [9.17, 15) is 9.59 Å². The number of esters is 1. The van der Waals surface area contributed by atoms with Gasteiger partial charge in [-0.15, -0.1) is 0 Å². The summed E-state index contributed by atoms with van der Waals surface area (Å²) < 4.78 is 5.34. The number of benzene rings is 1. The largest absolute Gasteiger partial charge is 0.462 e. The van der Waals surface area contributed by atoms with E-state index in [4.69, 9.17) is 4.74 Å². The zero-order valence-electron chi connectivity index (χ0n) is 10.9. The molecule has 0 spiro atoms. The lowest BCUT2D eigenvalue weighted by Gasteiger charge is -2.23. The number of rotatable bonds is 3. The molecule has 5 heteroatoms. The summed E-state index contributed by atoms with van der Waals surface area (Å²) >= 11 is 0. The fourth-order valence-corrected chi connectivity index (χ4v) is 4.10. The monoisotopic (exact) mass is 272 g/mol. The number of hydrazine groups is 1. The van der Waals surface area contributed by atoms with E-state index in [1.165, 1.54) is 0 Å². The van der Waals surface area contributed by atoms with Crippen molar-refractivity contribution in [1.82, 2.24) is 5.43 Å². The van der Waals surface area contributed by atoms with Crippen LogP contribution in [0.2, 0.25) is 0 Å². The normalized spacial score (nSPS) is 36.8. The average molecular weight is 272 g/mol. The van der Waals surface area contributed by atoms with Crippen molar-refractivity contribution in [2.45, 2.75) is 18.9 Å². The maximum atomic E-state index is 12.4. The fourth-order valence-electron chi connectivity index (χ4n) is 4.10. The van der Waals surface area contributed by atoms with E-state index < -0.39 is 0 Å². The summed E-state index contributed by atoms with van der Waals surface area (Å²) in [5, 5.41) is 0. The first-order chi connectivity index (χ1) is 9.74. The smallest absolute Gasteiger partial charge is 0.310 e. The van der Waals surface area contributed by atoms with Gasteiger partial charge in [-0.3, -0.25) is 20.4 Å². The molecule has 1 aliphatic heterocycles. The number of fused-ring (bicyclic) bond motifs is 1. The Bertz CT molecular complexity index is 557. The van der Waals surface area contributed by atoms with Crippen LogP contribution in [0, 0.1) is 23.7 Å². The summed E-state index contributed by atoms with van der Waals surface area (Å²) in [6.07, 6.45) is 1.87. The van der Waals surface area contributed by atoms with E-state index >= 15 is 0 Å². The zero-order chi connectivity index (χ0) is 13.7. The molecule has 0 unspecified atom stereocenters. The van der Waals surface area contributed by atoms with Gasteiger partial charge < -0.3 is 4.74 Å². The molecule has 2 saturated carbocycles. The lowest BCUT2D eigenvalue weighted by Crippen LogP contribution is -2.42. The van der Waals surface area contributed by atoms with Gasteiger partial charge in [0.25, 0.3) is 0 Å². The third kappa shape index (κ3) is 1.62. The lowest BCUT2D eigenvalue weighted by molar-refractivity contribution is -0.145. The molecule has 1 aromatic rings. The highest BCUT2D eigenvalue weighted by Gasteiger charge is 2.63. The molecule has 2 aliphatic carbocycles. The van der Waals surface area contributed by atoms with Crippen LogP contribution < -0.4 is 10.9 Å². The summed E-state index contributed by atoms with van der Waals surface area (Å²) in [6.45, 7) is 0. The molecule has 104 valence electrons. The van der Waals surface area contributed by atoms with Crippen LogP contribution in [0.25, 0.3) is 0 Å². The number of para-hydroxylation sites is 1. The topological polar surface area (TPSA) is 67.4 Å². The van der Waals surface area contributed by atoms with Gasteiger partial charge in [-0.1, -0.05) is 18.2 Å². The fraction of sp³-hybridized carbons (Fsp3) is 0.467. The van der Waals surface area contributed by atoms with Crippen molar-refractivity contribution in [2.24, 2.45) is 23.7 Å². The van der Waals surface area contributed by atoms with Gasteiger partial charge in [-0.05, 0) is 30.9 Å². The van der Waals surface area contributed by atoms with Gasteiger partial charge in [0.15, 0.2) is 0 Å². The van der Waals surface area contributed by atoms with Gasteiger partial charge in [0.1, 0.15) is 6.10 Å². The third-order valence-corrected chi connectivity index (χ3v) is 4.89. The first-order valence-electron chi connectivity index (χ1n) is 7.05. The van der Waals surface area contributed by atoms with Crippen LogP contribution in [0.4, 0.5) is 5.69 Å². The Balaban J connectivity index is 1.46. The number of nitrogens with one attached hydrogen (secondary N) is 2. The number of amides is 1. The highest BCUT2D eigenvalue weighted by molar-refractivity contribution is 5.89. The molecule has 20 heavy (non-hydrogen) atoms. The number of hydrogen-bond donors (Lipinski definition) is 2. The van der Waals surface area contributed by atoms with Crippen LogP contribution in [0.1, 0.15) is 12.8 Å². The molecule has 4 rings (SSSR count). The first-order valence-corrected chi connectivity index (χ1v) is 7.05. The molecule has 5 nitrogen and oxygen atoms in total. The van der Waals surface area contributed by atoms with Crippen LogP contribution in [0.5, 0.6) is 0 Å². The molecule has 3 aliphatic rings. The third-order valence-electron chi connectivity index (χ3n) is 4.89. The predicted octanol–water partition coefficient (Wildman–Crippen LogP) is 1.33. The highest BCUT2D eigenvalue weighted by Crippen LogP contribution is 2.57. The molecule has 1 saturated heterocycles. The molecule has 1 amide bonds. The number of carbonyl (C=O) groups excluding carboxylic acids is 2. The SMILES string of the molecule is O=C(NNc1ccccc1)[C@@H]1[C@H]2C[C@@H]3[C@@H]1C(=O)O[C@@H]3C2. The van der Waals surface area contributed by atoms with Gasteiger partial charge in [-0.25, -0.2) is 0 Å². The van der Waals surface area contributed by atoms with Crippen LogP contribution in [-0.2, 0) is 14.3 Å². The molecule has 0 radical (unpaired) electrons. The summed E-state index contributed by atoms with van der Waals surface area (Å²) in [6, 6.07) is 9.45. The summed E-state index contributed by atoms with van der Waals surface area (Å²) in [5.41, 5.74) is 6.46. The van der Waals surface area contributed by atoms with Crippen molar-refractivity contribution < 1.29 is 14.3 Å². The van der Waals surface area contributed by atoms with Gasteiger partial charge in [0, 0.05) is 5.92 Å². The van der Waals surface area contributed by atoms with E-state index in [2.05, 4.69) is 10.9 Å². The number of anilines is 1. The molecule has 5 atom stereocenters. The zero-order valence-corrected chi connectivity index (χ0v) is 10.9. The Labute approximate surface area is 116 Å². The van der Waals surface area contributed by atoms with E-state index in [1.54, 1.807) is 0 Å². The quantitative estimate of drug-likeness (QED) is 0.643. The van der Waals surface area contributed by atoms with Crippen LogP contribution in [-0.4, -0.2) is 18.0 Å². The van der Waals surface area contributed by atoms with Gasteiger partial charge in [0.2, 0.25) is 5.91 Å². The second kappa shape index (κ2) is 4.23. The molecular weight excluding hydrogens is 256 g/mol. The van der Waals surface area contributed by atoms with Crippen molar-refractivity contribution in [3.8, 4) is 0 Å². The summed E-state index contributed by atoms with van der Waals surface area (Å²) in [5.74, 6) is -0.179. The van der Waals surface area contributed by atoms with E-state index in [0.717, 1.165) is 18.5 Å². The van der Waals surface area contributed by atoms with E-state index in [1.807, 2.05) is 30.3 Å².